The molecule has 2 N–H and O–H groups in total. The molecule has 0 bridgehead atoms. The summed E-state index contributed by atoms with van der Waals surface area (Å²) in [5, 5.41) is 11.9. The van der Waals surface area contributed by atoms with Crippen LogP contribution in [0.5, 0.6) is 0 Å². The van der Waals surface area contributed by atoms with Crippen LogP contribution in [0.2, 0.25) is 0 Å². The molecule has 0 aromatic carbocycles. The Kier molecular flexibility index (Phi) is 5.14. The molecule has 1 atom stereocenters. The van der Waals surface area contributed by atoms with E-state index in [0.29, 0.717) is 13.0 Å². The van der Waals surface area contributed by atoms with Gasteiger partial charge in [-0.05, 0) is 12.8 Å². The van der Waals surface area contributed by atoms with E-state index in [1.807, 2.05) is 20.8 Å². The first-order valence-electron chi connectivity index (χ1n) is 6.55. The highest BCUT2D eigenvalue weighted by Gasteiger charge is 2.28. The van der Waals surface area contributed by atoms with Crippen LogP contribution in [0.15, 0.2) is 0 Å². The number of amides is 2. The molecule has 1 aliphatic heterocycles. The topological polar surface area (TPSA) is 69.6 Å². The van der Waals surface area contributed by atoms with Crippen molar-refractivity contribution in [2.24, 2.45) is 5.41 Å². The third kappa shape index (κ3) is 3.98. The van der Waals surface area contributed by atoms with Gasteiger partial charge in [-0.1, -0.05) is 20.8 Å². The first kappa shape index (κ1) is 15.0. The largest absolute Gasteiger partial charge is 0.394 e. The average molecular weight is 256 g/mol. The van der Waals surface area contributed by atoms with Gasteiger partial charge in [0.25, 0.3) is 0 Å². The van der Waals surface area contributed by atoms with E-state index in [1.54, 1.807) is 4.90 Å². The van der Waals surface area contributed by atoms with Gasteiger partial charge in [-0.15, -0.1) is 0 Å². The molecular formula is C13H24N2O3. The molecule has 5 heteroatoms. The van der Waals surface area contributed by atoms with Gasteiger partial charge in [0, 0.05) is 24.9 Å². The second kappa shape index (κ2) is 6.18. The van der Waals surface area contributed by atoms with Crippen molar-refractivity contribution in [3.05, 3.63) is 0 Å². The number of aliphatic hydroxyl groups is 1. The number of rotatable bonds is 4. The number of carbonyl (C=O) groups excluding carboxylic acids is 2. The van der Waals surface area contributed by atoms with Gasteiger partial charge in [0.15, 0.2) is 0 Å². The van der Waals surface area contributed by atoms with Gasteiger partial charge in [0.2, 0.25) is 11.8 Å². The van der Waals surface area contributed by atoms with Gasteiger partial charge in [-0.2, -0.15) is 0 Å². The number of nitrogens with zero attached hydrogens (tertiary/aromatic N) is 1. The molecule has 2 amide bonds. The molecule has 1 rings (SSSR count). The zero-order valence-corrected chi connectivity index (χ0v) is 11.5. The molecule has 1 fully saturated rings. The van der Waals surface area contributed by atoms with E-state index in [0.717, 1.165) is 19.4 Å². The lowest BCUT2D eigenvalue weighted by atomic mass is 9.96. The van der Waals surface area contributed by atoms with Crippen molar-refractivity contribution in [3.8, 4) is 0 Å². The van der Waals surface area contributed by atoms with Crippen LogP contribution in [0.3, 0.4) is 0 Å². The molecule has 0 spiro atoms. The highest BCUT2D eigenvalue weighted by atomic mass is 16.3. The minimum atomic E-state index is -0.426. The quantitative estimate of drug-likeness (QED) is 0.770. The maximum Gasteiger partial charge on any atom is 0.225 e. The van der Waals surface area contributed by atoms with Crippen LogP contribution in [0, 0.1) is 5.41 Å². The summed E-state index contributed by atoms with van der Waals surface area (Å²) < 4.78 is 0. The first-order chi connectivity index (χ1) is 8.36. The number of carbonyl (C=O) groups is 2. The van der Waals surface area contributed by atoms with E-state index in [1.165, 1.54) is 0 Å². The summed E-state index contributed by atoms with van der Waals surface area (Å²) in [6, 6.07) is -0.0317. The predicted octanol–water partition coefficient (Wildman–Crippen LogP) is 0.522. The predicted molar refractivity (Wildman–Crippen MR) is 68.9 cm³/mol. The number of nitrogens with one attached hydrogen (secondary N) is 1. The van der Waals surface area contributed by atoms with Crippen LogP contribution in [0.4, 0.5) is 0 Å². The Bertz CT molecular complexity index is 310. The molecule has 0 aliphatic carbocycles. The zero-order chi connectivity index (χ0) is 13.8. The van der Waals surface area contributed by atoms with Crippen molar-refractivity contribution in [1.29, 1.82) is 0 Å². The fourth-order valence-corrected chi connectivity index (χ4v) is 2.05. The van der Waals surface area contributed by atoms with Gasteiger partial charge in [0.05, 0.1) is 12.6 Å². The SMILES string of the molecule is CC(C)(C)C(=O)NCCC(=O)N1CCCC1CO. The molecule has 18 heavy (non-hydrogen) atoms. The van der Waals surface area contributed by atoms with Crippen LogP contribution in [0.25, 0.3) is 0 Å². The van der Waals surface area contributed by atoms with Crippen molar-refractivity contribution in [2.75, 3.05) is 19.7 Å². The zero-order valence-electron chi connectivity index (χ0n) is 11.5. The van der Waals surface area contributed by atoms with Gasteiger partial charge in [0.1, 0.15) is 0 Å². The molecule has 104 valence electrons. The third-order valence-electron chi connectivity index (χ3n) is 3.21. The van der Waals surface area contributed by atoms with Gasteiger partial charge in [-0.25, -0.2) is 0 Å². The smallest absolute Gasteiger partial charge is 0.225 e. The molecule has 1 heterocycles. The maximum atomic E-state index is 11.9. The lowest BCUT2D eigenvalue weighted by Crippen LogP contribution is -2.41. The Morgan fingerprint density at radius 2 is 2.06 bits per heavy atom. The second-order valence-corrected chi connectivity index (χ2v) is 5.82. The average Bonchev–Trinajstić information content (AvgIpc) is 2.75. The first-order valence-corrected chi connectivity index (χ1v) is 6.55. The fraction of sp³-hybridized carbons (Fsp3) is 0.846. The normalized spacial score (nSPS) is 20.0. The molecule has 0 aromatic rings. The van der Waals surface area contributed by atoms with Crippen LogP contribution in [0.1, 0.15) is 40.0 Å². The van der Waals surface area contributed by atoms with E-state index < -0.39 is 5.41 Å². The lowest BCUT2D eigenvalue weighted by molar-refractivity contribution is -0.133. The van der Waals surface area contributed by atoms with Crippen LogP contribution < -0.4 is 5.32 Å². The van der Waals surface area contributed by atoms with Crippen molar-refractivity contribution in [2.45, 2.75) is 46.1 Å². The Hall–Kier alpha value is -1.10. The minimum Gasteiger partial charge on any atom is -0.394 e. The van der Waals surface area contributed by atoms with Crippen molar-refractivity contribution >= 4 is 11.8 Å². The summed E-state index contributed by atoms with van der Waals surface area (Å²) in [6.07, 6.45) is 2.13. The standard InChI is InChI=1S/C13H24N2O3/c1-13(2,3)12(18)14-7-6-11(17)15-8-4-5-10(15)9-16/h10,16H,4-9H2,1-3H3,(H,14,18). The summed E-state index contributed by atoms with van der Waals surface area (Å²) in [5.41, 5.74) is -0.426. The molecular weight excluding hydrogens is 232 g/mol. The van der Waals surface area contributed by atoms with Crippen molar-refractivity contribution in [1.82, 2.24) is 10.2 Å². The van der Waals surface area contributed by atoms with Crippen molar-refractivity contribution < 1.29 is 14.7 Å². The van der Waals surface area contributed by atoms with E-state index in [4.69, 9.17) is 5.11 Å². The van der Waals surface area contributed by atoms with Gasteiger partial charge < -0.3 is 15.3 Å². The number of hydrogen-bond acceptors (Lipinski definition) is 3. The third-order valence-corrected chi connectivity index (χ3v) is 3.21. The Balaban J connectivity index is 2.31. The molecule has 0 saturated carbocycles. The number of hydrogen-bond donors (Lipinski definition) is 2. The second-order valence-electron chi connectivity index (χ2n) is 5.82. The fourth-order valence-electron chi connectivity index (χ4n) is 2.05. The van der Waals surface area contributed by atoms with Crippen LogP contribution in [-0.2, 0) is 9.59 Å². The Labute approximate surface area is 109 Å². The van der Waals surface area contributed by atoms with Crippen LogP contribution >= 0.6 is 0 Å². The summed E-state index contributed by atoms with van der Waals surface area (Å²) in [7, 11) is 0. The van der Waals surface area contributed by atoms with Gasteiger partial charge in [-0.3, -0.25) is 9.59 Å². The van der Waals surface area contributed by atoms with Crippen molar-refractivity contribution in [3.63, 3.8) is 0 Å². The van der Waals surface area contributed by atoms with E-state index in [-0.39, 0.29) is 24.5 Å². The maximum absolute atomic E-state index is 11.9. The molecule has 5 nitrogen and oxygen atoms in total. The van der Waals surface area contributed by atoms with E-state index >= 15 is 0 Å². The molecule has 0 aromatic heterocycles. The monoisotopic (exact) mass is 256 g/mol. The lowest BCUT2D eigenvalue weighted by Gasteiger charge is -2.23. The molecule has 1 aliphatic rings. The van der Waals surface area contributed by atoms with Crippen LogP contribution in [-0.4, -0.2) is 47.6 Å². The highest BCUT2D eigenvalue weighted by molar-refractivity contribution is 5.82. The number of likely N-dealkylation sites (tertiary alicyclic amines) is 1. The molecule has 1 saturated heterocycles. The minimum absolute atomic E-state index is 0.0146. The Morgan fingerprint density at radius 3 is 2.61 bits per heavy atom. The summed E-state index contributed by atoms with van der Waals surface area (Å²) in [4.78, 5) is 25.2. The van der Waals surface area contributed by atoms with E-state index in [2.05, 4.69) is 5.32 Å². The summed E-state index contributed by atoms with van der Waals surface area (Å²) in [5.74, 6) is -0.0313. The number of aliphatic hydroxyl groups excluding tert-OH is 1. The Morgan fingerprint density at radius 1 is 1.39 bits per heavy atom. The summed E-state index contributed by atoms with van der Waals surface area (Å²) >= 11 is 0. The molecule has 1 unspecified atom stereocenters. The van der Waals surface area contributed by atoms with Gasteiger partial charge >= 0.3 is 0 Å². The summed E-state index contributed by atoms with van der Waals surface area (Å²) in [6.45, 7) is 6.63. The van der Waals surface area contributed by atoms with E-state index in [9.17, 15) is 9.59 Å². The highest BCUT2D eigenvalue weighted by Crippen LogP contribution is 2.17. The molecule has 0 radical (unpaired) electrons.